The topological polar surface area (TPSA) is 120 Å². The highest BCUT2D eigenvalue weighted by molar-refractivity contribution is 9.11. The fourth-order valence-corrected chi connectivity index (χ4v) is 8.69. The normalized spacial score (nSPS) is 12.6. The highest BCUT2D eigenvalue weighted by Gasteiger charge is 2.19. The molecule has 1 N–H and O–H groups in total. The quantitative estimate of drug-likeness (QED) is 0.174. The van der Waals surface area contributed by atoms with Gasteiger partial charge in [0.05, 0.1) is 34.2 Å². The summed E-state index contributed by atoms with van der Waals surface area (Å²) < 4.78 is 39.2. The van der Waals surface area contributed by atoms with Crippen molar-refractivity contribution in [3.63, 3.8) is 0 Å². The Bertz CT molecular complexity index is 3200. The van der Waals surface area contributed by atoms with Gasteiger partial charge in [-0.15, -0.1) is 0 Å². The van der Waals surface area contributed by atoms with Gasteiger partial charge < -0.3 is 28.4 Å². The summed E-state index contributed by atoms with van der Waals surface area (Å²) in [5.41, 5.74) is 12.2. The first kappa shape index (κ1) is 42.2. The molecule has 3 aromatic heterocycles. The molecule has 0 fully saturated rings. The lowest BCUT2D eigenvalue weighted by molar-refractivity contribution is 0.173. The molecule has 0 bridgehead atoms. The van der Waals surface area contributed by atoms with Gasteiger partial charge in [-0.05, 0) is 109 Å². The number of aromatic amines is 1. The highest BCUT2D eigenvalue weighted by Crippen LogP contribution is 2.39. The molecule has 15 heteroatoms. The van der Waals surface area contributed by atoms with Crippen LogP contribution in [0, 0.1) is 0 Å². The number of rotatable bonds is 6. The van der Waals surface area contributed by atoms with Crippen LogP contribution < -0.4 is 28.4 Å². The van der Waals surface area contributed by atoms with Crippen LogP contribution in [-0.4, -0.2) is 50.1 Å². The van der Waals surface area contributed by atoms with E-state index in [0.717, 1.165) is 115 Å². The Labute approximate surface area is 399 Å². The summed E-state index contributed by atoms with van der Waals surface area (Å²) in [4.78, 5) is 0. The minimum absolute atomic E-state index is 0.282. The van der Waals surface area contributed by atoms with Gasteiger partial charge in [0.2, 0.25) is 20.4 Å². The molecule has 0 amide bonds. The first-order valence-electron chi connectivity index (χ1n) is 20.3. The summed E-state index contributed by atoms with van der Waals surface area (Å²) in [6, 6.07) is 48.3. The number of aryl methyl sites for hydroxylation is 2. The number of aromatic nitrogens is 6. The van der Waals surface area contributed by atoms with E-state index >= 15 is 0 Å². The van der Waals surface area contributed by atoms with Crippen LogP contribution in [0.2, 0.25) is 0 Å². The molecule has 65 heavy (non-hydrogen) atoms. The zero-order valence-electron chi connectivity index (χ0n) is 34.8. The summed E-state index contributed by atoms with van der Waals surface area (Å²) in [7, 11) is 3.90. The van der Waals surface area contributed by atoms with Gasteiger partial charge in [0.25, 0.3) is 0 Å². The Balaban J connectivity index is 0.000000115. The molecule has 3 aliphatic heterocycles. The van der Waals surface area contributed by atoms with Crippen molar-refractivity contribution in [2.45, 2.75) is 0 Å². The molecule has 12 nitrogen and oxygen atoms in total. The second-order valence-electron chi connectivity index (χ2n) is 15.0. The average Bonchev–Trinajstić information content (AvgIpc) is 4.19. The van der Waals surface area contributed by atoms with E-state index in [1.165, 1.54) is 0 Å². The zero-order valence-corrected chi connectivity index (χ0v) is 39.6. The van der Waals surface area contributed by atoms with Crippen molar-refractivity contribution in [2.75, 3.05) is 20.4 Å². The van der Waals surface area contributed by atoms with Crippen LogP contribution in [0.15, 0.2) is 159 Å². The SMILES string of the molecule is Brc1cccc(-c2cc(-c3ccc4c(c3)OCO4)[nH]n2)c1.Cn1nc(-c2ccc3c(c2)OCO3)cc1-c1cccc(Br)c1.Cn1nc(-c2cccc(Br)c2)cc1-c1ccc2c(c1)OCO2. The second-order valence-corrected chi connectivity index (χ2v) is 17.7. The number of hydrogen-bond donors (Lipinski definition) is 1. The highest BCUT2D eigenvalue weighted by atomic mass is 79.9. The van der Waals surface area contributed by atoms with Gasteiger partial charge in [0, 0.05) is 60.9 Å². The third-order valence-electron chi connectivity index (χ3n) is 10.7. The Morgan fingerprint density at radius 3 is 1.31 bits per heavy atom. The maximum atomic E-state index is 5.45. The largest absolute Gasteiger partial charge is 0.454 e. The fraction of sp³-hybridized carbons (Fsp3) is 0.100. The number of ether oxygens (including phenoxy) is 6. The van der Waals surface area contributed by atoms with Crippen molar-refractivity contribution in [1.82, 2.24) is 29.8 Å². The minimum atomic E-state index is 0.282. The standard InChI is InChI=1S/2C17H13BrN2O2.C16H11BrN2O2/c1-20-15(12-3-2-4-13(18)7-12)9-14(19-20)11-5-6-16-17(8-11)22-10-21-16;1-20-15(12-5-6-16-17(8-12)22-10-21-16)9-14(19-20)11-3-2-4-13(18)7-11;17-12-3-1-2-10(6-12)13-8-14(19-18-13)11-4-5-15-16(7-11)21-9-20-15/h2*2-9H,10H2,1H3;1-8H,9H2,(H,18,19). The third kappa shape index (κ3) is 9.26. The Hall–Kier alpha value is -6.81. The van der Waals surface area contributed by atoms with E-state index in [0.29, 0.717) is 0 Å². The van der Waals surface area contributed by atoms with Crippen molar-refractivity contribution in [1.29, 1.82) is 0 Å². The van der Waals surface area contributed by atoms with Crippen molar-refractivity contribution in [3.8, 4) is 102 Å². The average molecular weight is 1060 g/mol. The van der Waals surface area contributed by atoms with Crippen LogP contribution >= 0.6 is 47.8 Å². The van der Waals surface area contributed by atoms with Gasteiger partial charge in [-0.1, -0.05) is 84.2 Å². The molecule has 0 saturated heterocycles. The number of nitrogens with one attached hydrogen (secondary N) is 1. The van der Waals surface area contributed by atoms with E-state index in [4.69, 9.17) is 28.4 Å². The molecule has 0 spiro atoms. The van der Waals surface area contributed by atoms with Gasteiger partial charge in [0.1, 0.15) is 0 Å². The Kier molecular flexibility index (Phi) is 11.9. The van der Waals surface area contributed by atoms with Crippen molar-refractivity contribution < 1.29 is 28.4 Å². The van der Waals surface area contributed by atoms with Gasteiger partial charge in [-0.2, -0.15) is 15.3 Å². The number of halogens is 3. The fourth-order valence-electron chi connectivity index (χ4n) is 7.49. The molecule has 0 saturated carbocycles. The molecule has 0 unspecified atom stereocenters. The predicted octanol–water partition coefficient (Wildman–Crippen LogP) is 12.7. The summed E-state index contributed by atoms with van der Waals surface area (Å²) in [5.74, 6) is 4.68. The molecule has 3 aliphatic rings. The van der Waals surface area contributed by atoms with Crippen LogP contribution in [0.3, 0.4) is 0 Å². The molecule has 0 atom stereocenters. The molecule has 12 rings (SSSR count). The van der Waals surface area contributed by atoms with Crippen molar-refractivity contribution >= 4 is 47.8 Å². The molecule has 6 aromatic carbocycles. The van der Waals surface area contributed by atoms with Crippen LogP contribution in [0.5, 0.6) is 34.5 Å². The Morgan fingerprint density at radius 1 is 0.400 bits per heavy atom. The minimum Gasteiger partial charge on any atom is -0.454 e. The van der Waals surface area contributed by atoms with Crippen molar-refractivity contribution in [2.24, 2.45) is 14.1 Å². The van der Waals surface area contributed by atoms with Crippen LogP contribution in [0.25, 0.3) is 67.5 Å². The van der Waals surface area contributed by atoms with E-state index in [-0.39, 0.29) is 20.4 Å². The van der Waals surface area contributed by atoms with Gasteiger partial charge in [-0.25, -0.2) is 0 Å². The molecule has 9 aromatic rings. The summed E-state index contributed by atoms with van der Waals surface area (Å²) in [6.45, 7) is 0.850. The van der Waals surface area contributed by atoms with E-state index in [1.807, 2.05) is 133 Å². The van der Waals surface area contributed by atoms with Gasteiger partial charge in [0.15, 0.2) is 34.5 Å². The summed E-state index contributed by atoms with van der Waals surface area (Å²) in [5, 5.41) is 16.7. The molecular weight excluding hydrogens is 1020 g/mol. The van der Waals surface area contributed by atoms with E-state index in [1.54, 1.807) is 0 Å². The molecular formula is C50H37Br3N6O6. The number of fused-ring (bicyclic) bond motifs is 3. The summed E-state index contributed by atoms with van der Waals surface area (Å²) >= 11 is 10.5. The molecule has 0 aliphatic carbocycles. The number of nitrogens with zero attached hydrogens (tertiary/aromatic N) is 5. The van der Waals surface area contributed by atoms with E-state index in [2.05, 4.69) is 105 Å². The predicted molar refractivity (Wildman–Crippen MR) is 259 cm³/mol. The van der Waals surface area contributed by atoms with E-state index < -0.39 is 0 Å². The zero-order chi connectivity index (χ0) is 44.4. The second kappa shape index (κ2) is 18.4. The Morgan fingerprint density at radius 2 is 0.785 bits per heavy atom. The van der Waals surface area contributed by atoms with Crippen LogP contribution in [0.4, 0.5) is 0 Å². The van der Waals surface area contributed by atoms with Gasteiger partial charge >= 0.3 is 0 Å². The maximum absolute atomic E-state index is 5.45. The first-order chi connectivity index (χ1) is 31.7. The smallest absolute Gasteiger partial charge is 0.231 e. The molecule has 0 radical (unpaired) electrons. The van der Waals surface area contributed by atoms with Crippen molar-refractivity contribution in [3.05, 3.63) is 159 Å². The lowest BCUT2D eigenvalue weighted by Crippen LogP contribution is -1.94. The number of hydrogen-bond acceptors (Lipinski definition) is 9. The third-order valence-corrected chi connectivity index (χ3v) is 12.2. The van der Waals surface area contributed by atoms with Crippen LogP contribution in [-0.2, 0) is 14.1 Å². The first-order valence-corrected chi connectivity index (χ1v) is 22.7. The van der Waals surface area contributed by atoms with E-state index in [9.17, 15) is 0 Å². The number of H-pyrrole nitrogens is 1. The molecule has 324 valence electrons. The maximum Gasteiger partial charge on any atom is 0.231 e. The molecule has 6 heterocycles. The van der Waals surface area contributed by atoms with Gasteiger partial charge in [-0.3, -0.25) is 14.5 Å². The lowest BCUT2D eigenvalue weighted by atomic mass is 10.1. The van der Waals surface area contributed by atoms with Crippen LogP contribution in [0.1, 0.15) is 0 Å². The monoisotopic (exact) mass is 1050 g/mol. The lowest BCUT2D eigenvalue weighted by Gasteiger charge is -2.03. The number of benzene rings is 6. The summed E-state index contributed by atoms with van der Waals surface area (Å²) in [6.07, 6.45) is 0.